The first-order valence-electron chi connectivity index (χ1n) is 11.7. The van der Waals surface area contributed by atoms with E-state index in [9.17, 15) is 4.79 Å². The number of fused-ring (bicyclic) bond motifs is 1. The number of thioether (sulfide) groups is 1. The second kappa shape index (κ2) is 8.83. The van der Waals surface area contributed by atoms with Crippen LogP contribution in [0.2, 0.25) is 0 Å². The minimum Gasteiger partial charge on any atom is -0.494 e. The van der Waals surface area contributed by atoms with Crippen LogP contribution >= 0.6 is 11.8 Å². The Hall–Kier alpha value is -1.44. The van der Waals surface area contributed by atoms with Gasteiger partial charge in [-0.3, -0.25) is 4.79 Å². The van der Waals surface area contributed by atoms with Gasteiger partial charge in [-0.05, 0) is 50.8 Å². The largest absolute Gasteiger partial charge is 0.494 e. The summed E-state index contributed by atoms with van der Waals surface area (Å²) in [5, 5.41) is 0.254. The van der Waals surface area contributed by atoms with E-state index < -0.39 is 5.79 Å². The Labute approximate surface area is 188 Å². The fourth-order valence-corrected chi connectivity index (χ4v) is 6.78. The third-order valence-electron chi connectivity index (χ3n) is 7.14. The number of hydrogen-bond donors (Lipinski definition) is 0. The molecule has 4 aliphatic rings. The van der Waals surface area contributed by atoms with Crippen molar-refractivity contribution < 1.29 is 23.7 Å². The lowest BCUT2D eigenvalue weighted by molar-refractivity contribution is -0.186. The highest BCUT2D eigenvalue weighted by Crippen LogP contribution is 2.52. The number of carbonyl (C=O) groups excluding carboxylic acids is 1. The van der Waals surface area contributed by atoms with Gasteiger partial charge in [-0.1, -0.05) is 0 Å². The molecule has 2 spiro atoms. The molecule has 1 aromatic rings. The molecule has 1 saturated carbocycles. The Balaban J connectivity index is 1.25. The zero-order valence-corrected chi connectivity index (χ0v) is 19.2. The van der Waals surface area contributed by atoms with Gasteiger partial charge in [0.1, 0.15) is 17.1 Å². The number of carbonyl (C=O) groups is 1. The van der Waals surface area contributed by atoms with Crippen molar-refractivity contribution in [3.05, 3.63) is 23.8 Å². The Morgan fingerprint density at radius 3 is 2.61 bits per heavy atom. The minimum atomic E-state index is -0.436. The van der Waals surface area contributed by atoms with E-state index in [0.29, 0.717) is 38.7 Å². The van der Waals surface area contributed by atoms with Gasteiger partial charge in [0.25, 0.3) is 0 Å². The van der Waals surface area contributed by atoms with Crippen molar-refractivity contribution in [1.29, 1.82) is 0 Å². The molecule has 0 radical (unpaired) electrons. The number of hydrogen-bond acceptors (Lipinski definition) is 6. The molecule has 1 amide bonds. The molecule has 5 rings (SSSR count). The third kappa shape index (κ3) is 4.41. The standard InChI is InChI=1S/C24H33NO5S/c1-2-27-18-5-6-20-19(15-18)21(16-23(30-20)7-3-4-8-23)31-17-22(26)25-11-9-24(10-12-25)28-13-14-29-24/h5-6,15,21H,2-4,7-14,16-17H2,1H3/t21-/m1/s1. The van der Waals surface area contributed by atoms with Crippen LogP contribution in [-0.2, 0) is 14.3 Å². The highest BCUT2D eigenvalue weighted by Gasteiger charge is 2.44. The van der Waals surface area contributed by atoms with Crippen LogP contribution < -0.4 is 9.47 Å². The smallest absolute Gasteiger partial charge is 0.232 e. The van der Waals surface area contributed by atoms with Gasteiger partial charge in [0.05, 0.1) is 25.6 Å². The Morgan fingerprint density at radius 2 is 1.90 bits per heavy atom. The second-order valence-electron chi connectivity index (χ2n) is 9.12. The molecule has 3 aliphatic heterocycles. The quantitative estimate of drug-likeness (QED) is 0.670. The van der Waals surface area contributed by atoms with E-state index in [-0.39, 0.29) is 16.8 Å². The predicted octanol–water partition coefficient (Wildman–Crippen LogP) is 4.32. The molecule has 2 saturated heterocycles. The first kappa shape index (κ1) is 21.4. The predicted molar refractivity (Wildman–Crippen MR) is 120 cm³/mol. The van der Waals surface area contributed by atoms with Crippen LogP contribution in [0.5, 0.6) is 11.5 Å². The van der Waals surface area contributed by atoms with Crippen LogP contribution in [0.1, 0.15) is 62.7 Å². The van der Waals surface area contributed by atoms with E-state index in [1.165, 1.54) is 18.4 Å². The van der Waals surface area contributed by atoms with Crippen molar-refractivity contribution in [3.63, 3.8) is 0 Å². The van der Waals surface area contributed by atoms with E-state index >= 15 is 0 Å². The monoisotopic (exact) mass is 447 g/mol. The van der Waals surface area contributed by atoms with Crippen molar-refractivity contribution in [2.45, 2.75) is 68.5 Å². The number of likely N-dealkylation sites (tertiary alicyclic amines) is 1. The van der Waals surface area contributed by atoms with Crippen molar-refractivity contribution >= 4 is 17.7 Å². The van der Waals surface area contributed by atoms with Crippen molar-refractivity contribution in [2.24, 2.45) is 0 Å². The first-order valence-corrected chi connectivity index (χ1v) is 12.8. The second-order valence-corrected chi connectivity index (χ2v) is 10.3. The van der Waals surface area contributed by atoms with Gasteiger partial charge in [-0.15, -0.1) is 11.8 Å². The van der Waals surface area contributed by atoms with E-state index in [2.05, 4.69) is 12.1 Å². The number of piperidine rings is 1. The average Bonchev–Trinajstić information content (AvgIpc) is 3.43. The number of amides is 1. The van der Waals surface area contributed by atoms with E-state index in [1.54, 1.807) is 11.8 Å². The summed E-state index contributed by atoms with van der Waals surface area (Å²) in [4.78, 5) is 15.0. The van der Waals surface area contributed by atoms with Gasteiger partial charge in [0.2, 0.25) is 5.91 Å². The maximum atomic E-state index is 13.0. The molecule has 3 heterocycles. The highest BCUT2D eigenvalue weighted by atomic mass is 32.2. The average molecular weight is 448 g/mol. The molecule has 0 unspecified atom stereocenters. The fourth-order valence-electron chi connectivity index (χ4n) is 5.47. The lowest BCUT2D eigenvalue weighted by Crippen LogP contribution is -2.47. The van der Waals surface area contributed by atoms with Crippen LogP contribution in [0.3, 0.4) is 0 Å². The molecule has 0 aromatic heterocycles. The maximum Gasteiger partial charge on any atom is 0.232 e. The first-order chi connectivity index (χ1) is 15.1. The van der Waals surface area contributed by atoms with Gasteiger partial charge in [0, 0.05) is 43.2 Å². The van der Waals surface area contributed by atoms with Crippen molar-refractivity contribution in [1.82, 2.24) is 4.90 Å². The summed E-state index contributed by atoms with van der Waals surface area (Å²) in [6.07, 6.45) is 7.18. The molecule has 0 bridgehead atoms. The van der Waals surface area contributed by atoms with Crippen LogP contribution in [0, 0.1) is 0 Å². The summed E-state index contributed by atoms with van der Waals surface area (Å²) < 4.78 is 23.9. The zero-order valence-electron chi connectivity index (χ0n) is 18.4. The Kier molecular flexibility index (Phi) is 6.10. The molecule has 1 aromatic carbocycles. The molecule has 170 valence electrons. The summed E-state index contributed by atoms with van der Waals surface area (Å²) in [5.41, 5.74) is 1.11. The summed E-state index contributed by atoms with van der Waals surface area (Å²) in [5.74, 6) is 2.12. The van der Waals surface area contributed by atoms with Gasteiger partial charge in [-0.2, -0.15) is 0 Å². The lowest BCUT2D eigenvalue weighted by atomic mass is 9.89. The minimum absolute atomic E-state index is 0.0600. The van der Waals surface area contributed by atoms with E-state index in [4.69, 9.17) is 18.9 Å². The molecule has 3 fully saturated rings. The number of benzene rings is 1. The number of ether oxygens (including phenoxy) is 4. The lowest BCUT2D eigenvalue weighted by Gasteiger charge is -2.40. The summed E-state index contributed by atoms with van der Waals surface area (Å²) in [6.45, 7) is 5.39. The maximum absolute atomic E-state index is 13.0. The summed E-state index contributed by atoms with van der Waals surface area (Å²) >= 11 is 1.76. The van der Waals surface area contributed by atoms with Crippen LogP contribution in [-0.4, -0.2) is 60.9 Å². The van der Waals surface area contributed by atoms with E-state index in [1.807, 2.05) is 17.9 Å². The van der Waals surface area contributed by atoms with Gasteiger partial charge < -0.3 is 23.8 Å². The Bertz CT molecular complexity index is 793. The van der Waals surface area contributed by atoms with Gasteiger partial charge >= 0.3 is 0 Å². The van der Waals surface area contributed by atoms with Crippen LogP contribution in [0.4, 0.5) is 0 Å². The number of nitrogens with zero attached hydrogens (tertiary/aromatic N) is 1. The van der Waals surface area contributed by atoms with Crippen LogP contribution in [0.25, 0.3) is 0 Å². The molecule has 6 nitrogen and oxygen atoms in total. The SMILES string of the molecule is CCOc1ccc2c(c1)[C@H](SCC(=O)N1CCC3(CC1)OCCO3)CC1(CCCC1)O2. The molecular weight excluding hydrogens is 414 g/mol. The topological polar surface area (TPSA) is 57.2 Å². The Morgan fingerprint density at radius 1 is 1.16 bits per heavy atom. The van der Waals surface area contributed by atoms with Gasteiger partial charge in [-0.25, -0.2) is 0 Å². The van der Waals surface area contributed by atoms with Crippen molar-refractivity contribution in [2.75, 3.05) is 38.7 Å². The molecule has 7 heteroatoms. The number of rotatable bonds is 5. The van der Waals surface area contributed by atoms with Crippen LogP contribution in [0.15, 0.2) is 18.2 Å². The summed E-state index contributed by atoms with van der Waals surface area (Å²) in [6, 6.07) is 6.17. The molecule has 1 atom stereocenters. The zero-order chi connectivity index (χ0) is 21.3. The highest BCUT2D eigenvalue weighted by molar-refractivity contribution is 8.00. The third-order valence-corrected chi connectivity index (χ3v) is 8.37. The fraction of sp³-hybridized carbons (Fsp3) is 0.708. The molecule has 0 N–H and O–H groups in total. The molecule has 1 aliphatic carbocycles. The molecule has 31 heavy (non-hydrogen) atoms. The van der Waals surface area contributed by atoms with Gasteiger partial charge in [0.15, 0.2) is 5.79 Å². The molecular formula is C24H33NO5S. The van der Waals surface area contributed by atoms with E-state index in [0.717, 1.165) is 43.6 Å². The normalized spacial score (nSPS) is 26.1. The van der Waals surface area contributed by atoms with Crippen molar-refractivity contribution in [3.8, 4) is 11.5 Å². The summed E-state index contributed by atoms with van der Waals surface area (Å²) in [7, 11) is 0.